The van der Waals surface area contributed by atoms with Gasteiger partial charge < -0.3 is 25.4 Å². The number of hydrogen-bond acceptors (Lipinski definition) is 6. The first kappa shape index (κ1) is 21.1. The van der Waals surface area contributed by atoms with Crippen LogP contribution in [0.4, 0.5) is 10.5 Å². The molecule has 2 aliphatic rings. The Bertz CT molecular complexity index is 925. The van der Waals surface area contributed by atoms with Gasteiger partial charge in [0.2, 0.25) is 0 Å². The lowest BCUT2D eigenvalue weighted by atomic mass is 9.98. The van der Waals surface area contributed by atoms with E-state index < -0.39 is 0 Å². The fourth-order valence-electron chi connectivity index (χ4n) is 4.24. The zero-order valence-corrected chi connectivity index (χ0v) is 17.6. The maximum absolute atomic E-state index is 12.4. The minimum atomic E-state index is -0.251. The summed E-state index contributed by atoms with van der Waals surface area (Å²) in [5, 5.41) is 18.5. The Balaban J connectivity index is 1.25. The third kappa shape index (κ3) is 4.94. The molecule has 162 valence electrons. The number of benzene rings is 2. The summed E-state index contributed by atoms with van der Waals surface area (Å²) in [6.45, 7) is 3.36. The van der Waals surface area contributed by atoms with E-state index >= 15 is 0 Å². The number of anilines is 1. The van der Waals surface area contributed by atoms with Crippen molar-refractivity contribution in [1.82, 2.24) is 10.2 Å². The van der Waals surface area contributed by atoms with Crippen LogP contribution < -0.4 is 10.2 Å². The van der Waals surface area contributed by atoms with E-state index in [1.807, 2.05) is 36.4 Å². The minimum Gasteiger partial charge on any atom is -0.445 e. The normalized spacial score (nSPS) is 18.5. The predicted molar refractivity (Wildman–Crippen MR) is 122 cm³/mol. The van der Waals surface area contributed by atoms with Crippen LogP contribution in [0.1, 0.15) is 29.0 Å². The summed E-state index contributed by atoms with van der Waals surface area (Å²) in [6.07, 6.45) is 4.25. The molecular weight excluding hydrogens is 390 g/mol. The third-order valence-electron chi connectivity index (χ3n) is 6.06. The highest BCUT2D eigenvalue weighted by molar-refractivity contribution is 5.88. The van der Waals surface area contributed by atoms with E-state index in [4.69, 9.17) is 15.6 Å². The summed E-state index contributed by atoms with van der Waals surface area (Å²) in [5.74, 6) is -0.247. The second kappa shape index (κ2) is 9.75. The van der Waals surface area contributed by atoms with Crippen LogP contribution >= 0.6 is 0 Å². The first-order valence-corrected chi connectivity index (χ1v) is 10.8. The molecule has 1 saturated heterocycles. The van der Waals surface area contributed by atoms with Crippen molar-refractivity contribution in [3.63, 3.8) is 0 Å². The van der Waals surface area contributed by atoms with Gasteiger partial charge in [-0.05, 0) is 35.6 Å². The van der Waals surface area contributed by atoms with E-state index in [1.165, 1.54) is 23.7 Å². The molecule has 3 N–H and O–H groups in total. The molecule has 1 amide bonds. The summed E-state index contributed by atoms with van der Waals surface area (Å²) >= 11 is 0. The summed E-state index contributed by atoms with van der Waals surface area (Å²) in [5.41, 5.74) is 4.47. The third-order valence-corrected chi connectivity index (χ3v) is 6.06. The average Bonchev–Trinajstić information content (AvgIpc) is 3.44. The highest BCUT2D eigenvalue weighted by Gasteiger charge is 2.28. The Labute approximate surface area is 183 Å². The molecule has 2 aromatic carbocycles. The molecule has 7 heteroatoms. The van der Waals surface area contributed by atoms with Crippen molar-refractivity contribution < 1.29 is 9.53 Å². The fourth-order valence-corrected chi connectivity index (χ4v) is 4.24. The lowest BCUT2D eigenvalue weighted by Gasteiger charge is -2.23. The van der Waals surface area contributed by atoms with Crippen LogP contribution in [-0.2, 0) is 17.8 Å². The standard InChI is InChI=1S/C24H29N5O2/c25-13-21(14-26)19-6-7-23-20(12-19)8-10-29(23)17-27-22-9-11-28(15-22)24(30)31-16-18-4-2-1-3-5-18/h1-7,12-14,21-22,25-27H,8-11,15-17H2. The molecule has 1 unspecified atom stereocenters. The van der Waals surface area contributed by atoms with E-state index in [2.05, 4.69) is 22.3 Å². The highest BCUT2D eigenvalue weighted by atomic mass is 16.6. The van der Waals surface area contributed by atoms with Crippen molar-refractivity contribution in [3.8, 4) is 0 Å². The Hall–Kier alpha value is -3.19. The van der Waals surface area contributed by atoms with Crippen molar-refractivity contribution in [2.24, 2.45) is 0 Å². The van der Waals surface area contributed by atoms with Crippen LogP contribution in [0.15, 0.2) is 48.5 Å². The van der Waals surface area contributed by atoms with Crippen molar-refractivity contribution in [2.75, 3.05) is 31.2 Å². The summed E-state index contributed by atoms with van der Waals surface area (Å²) in [6, 6.07) is 16.2. The molecule has 2 heterocycles. The first-order chi connectivity index (χ1) is 15.2. The lowest BCUT2D eigenvalue weighted by molar-refractivity contribution is 0.103. The van der Waals surface area contributed by atoms with Crippen molar-refractivity contribution in [2.45, 2.75) is 31.4 Å². The molecular formula is C24H29N5O2. The van der Waals surface area contributed by atoms with Gasteiger partial charge in [-0.15, -0.1) is 0 Å². The maximum atomic E-state index is 12.4. The fraction of sp³-hybridized carbons (Fsp3) is 0.375. The van der Waals surface area contributed by atoms with Crippen molar-refractivity contribution in [3.05, 3.63) is 65.2 Å². The van der Waals surface area contributed by atoms with Crippen LogP contribution in [-0.4, -0.2) is 55.8 Å². The molecule has 0 spiro atoms. The van der Waals surface area contributed by atoms with Crippen LogP contribution in [0.2, 0.25) is 0 Å². The van der Waals surface area contributed by atoms with E-state index in [0.717, 1.165) is 37.2 Å². The van der Waals surface area contributed by atoms with Crippen LogP contribution in [0.3, 0.4) is 0 Å². The monoisotopic (exact) mass is 419 g/mol. The molecule has 0 aromatic heterocycles. The second-order valence-corrected chi connectivity index (χ2v) is 8.09. The maximum Gasteiger partial charge on any atom is 0.410 e. The number of likely N-dealkylation sites (tertiary alicyclic amines) is 1. The SMILES string of the molecule is N=CC(C=N)c1ccc2c(c1)CCN2CNC1CCN(C(=O)OCc2ccccc2)C1. The molecule has 2 aromatic rings. The molecule has 31 heavy (non-hydrogen) atoms. The number of hydrogen-bond donors (Lipinski definition) is 3. The second-order valence-electron chi connectivity index (χ2n) is 8.09. The van der Waals surface area contributed by atoms with Gasteiger partial charge in [-0.25, -0.2) is 4.79 Å². The summed E-state index contributed by atoms with van der Waals surface area (Å²) in [7, 11) is 0. The lowest BCUT2D eigenvalue weighted by Crippen LogP contribution is -2.41. The number of ether oxygens (including phenoxy) is 1. The number of amides is 1. The predicted octanol–water partition coefficient (Wildman–Crippen LogP) is 3.39. The van der Waals surface area contributed by atoms with Crippen molar-refractivity contribution >= 4 is 24.2 Å². The summed E-state index contributed by atoms with van der Waals surface area (Å²) < 4.78 is 5.45. The van der Waals surface area contributed by atoms with Gasteiger partial charge in [0.25, 0.3) is 0 Å². The minimum absolute atomic E-state index is 0.247. The topological polar surface area (TPSA) is 92.5 Å². The van der Waals surface area contributed by atoms with Crippen molar-refractivity contribution in [1.29, 1.82) is 10.8 Å². The Kier molecular flexibility index (Phi) is 6.62. The number of rotatable bonds is 8. The molecule has 0 bridgehead atoms. The van der Waals surface area contributed by atoms with E-state index in [-0.39, 0.29) is 18.1 Å². The van der Waals surface area contributed by atoms with Gasteiger partial charge in [-0.3, -0.25) is 5.32 Å². The molecule has 1 fully saturated rings. The number of nitrogens with one attached hydrogen (secondary N) is 3. The van der Waals surface area contributed by atoms with E-state index in [1.54, 1.807) is 4.90 Å². The van der Waals surface area contributed by atoms with Crippen LogP contribution in [0.5, 0.6) is 0 Å². The van der Waals surface area contributed by atoms with Crippen LogP contribution in [0, 0.1) is 10.8 Å². The smallest absolute Gasteiger partial charge is 0.410 e. The number of carbonyl (C=O) groups is 1. The largest absolute Gasteiger partial charge is 0.445 e. The molecule has 2 aliphatic heterocycles. The van der Waals surface area contributed by atoms with Gasteiger partial charge in [-0.2, -0.15) is 0 Å². The highest BCUT2D eigenvalue weighted by Crippen LogP contribution is 2.30. The van der Waals surface area contributed by atoms with Gasteiger partial charge in [-0.1, -0.05) is 42.5 Å². The Morgan fingerprint density at radius 3 is 2.74 bits per heavy atom. The Morgan fingerprint density at radius 2 is 1.97 bits per heavy atom. The van der Waals surface area contributed by atoms with Gasteiger partial charge >= 0.3 is 6.09 Å². The zero-order chi connectivity index (χ0) is 21.6. The van der Waals surface area contributed by atoms with Gasteiger partial charge in [0.15, 0.2) is 0 Å². The van der Waals surface area contributed by atoms with Gasteiger partial charge in [0.05, 0.1) is 12.6 Å². The zero-order valence-electron chi connectivity index (χ0n) is 17.6. The number of carbonyl (C=O) groups excluding carboxylic acids is 1. The van der Waals surface area contributed by atoms with Crippen LogP contribution in [0.25, 0.3) is 0 Å². The molecule has 0 saturated carbocycles. The van der Waals surface area contributed by atoms with E-state index in [0.29, 0.717) is 19.7 Å². The average molecular weight is 420 g/mol. The first-order valence-electron chi connectivity index (χ1n) is 10.8. The molecule has 4 rings (SSSR count). The Morgan fingerprint density at radius 1 is 1.16 bits per heavy atom. The molecule has 7 nitrogen and oxygen atoms in total. The molecule has 0 aliphatic carbocycles. The molecule has 0 radical (unpaired) electrons. The number of nitrogens with zero attached hydrogens (tertiary/aromatic N) is 2. The van der Waals surface area contributed by atoms with Gasteiger partial charge in [0, 0.05) is 43.8 Å². The number of fused-ring (bicyclic) bond motifs is 1. The quantitative estimate of drug-likeness (QED) is 0.572. The van der Waals surface area contributed by atoms with Gasteiger partial charge in [0.1, 0.15) is 6.61 Å². The molecule has 1 atom stereocenters. The van der Waals surface area contributed by atoms with E-state index in [9.17, 15) is 4.79 Å². The summed E-state index contributed by atoms with van der Waals surface area (Å²) in [4.78, 5) is 16.5.